The summed E-state index contributed by atoms with van der Waals surface area (Å²) in [6, 6.07) is 9.68. The SMILES string of the molecule is CCC(C)NCc1ccc(N2CCCCC2)cc1. The lowest BCUT2D eigenvalue weighted by molar-refractivity contribution is 0.534. The summed E-state index contributed by atoms with van der Waals surface area (Å²) in [6.45, 7) is 7.89. The molecule has 0 bridgehead atoms. The van der Waals surface area contributed by atoms with Crippen molar-refractivity contribution in [1.29, 1.82) is 0 Å². The van der Waals surface area contributed by atoms with Gasteiger partial charge in [0.2, 0.25) is 0 Å². The molecule has 0 aliphatic carbocycles. The van der Waals surface area contributed by atoms with Gasteiger partial charge in [-0.15, -0.1) is 0 Å². The summed E-state index contributed by atoms with van der Waals surface area (Å²) in [4.78, 5) is 2.51. The van der Waals surface area contributed by atoms with Crippen molar-refractivity contribution in [3.63, 3.8) is 0 Å². The Morgan fingerprint density at radius 2 is 1.78 bits per heavy atom. The summed E-state index contributed by atoms with van der Waals surface area (Å²) in [6.07, 6.45) is 5.27. The maximum Gasteiger partial charge on any atom is 0.0366 e. The number of nitrogens with one attached hydrogen (secondary N) is 1. The minimum atomic E-state index is 0.603. The minimum absolute atomic E-state index is 0.603. The first-order valence-electron chi connectivity index (χ1n) is 7.37. The zero-order chi connectivity index (χ0) is 12.8. The monoisotopic (exact) mass is 246 g/mol. The molecule has 18 heavy (non-hydrogen) atoms. The molecule has 1 aromatic carbocycles. The lowest BCUT2D eigenvalue weighted by Gasteiger charge is -2.28. The van der Waals surface area contributed by atoms with Crippen LogP contribution in [0.4, 0.5) is 5.69 Å². The van der Waals surface area contributed by atoms with E-state index in [2.05, 4.69) is 48.3 Å². The van der Waals surface area contributed by atoms with Crippen LogP contribution in [0.3, 0.4) is 0 Å². The number of benzene rings is 1. The van der Waals surface area contributed by atoms with E-state index in [4.69, 9.17) is 0 Å². The topological polar surface area (TPSA) is 15.3 Å². The Bertz CT molecular complexity index is 339. The van der Waals surface area contributed by atoms with Crippen molar-refractivity contribution < 1.29 is 0 Å². The highest BCUT2D eigenvalue weighted by Gasteiger charge is 2.10. The van der Waals surface area contributed by atoms with E-state index in [-0.39, 0.29) is 0 Å². The molecule has 2 rings (SSSR count). The van der Waals surface area contributed by atoms with Crippen LogP contribution in [0.25, 0.3) is 0 Å². The van der Waals surface area contributed by atoms with E-state index in [9.17, 15) is 0 Å². The average Bonchev–Trinajstić information content (AvgIpc) is 2.46. The smallest absolute Gasteiger partial charge is 0.0366 e. The molecule has 2 heteroatoms. The Balaban J connectivity index is 1.88. The van der Waals surface area contributed by atoms with Crippen LogP contribution in [-0.4, -0.2) is 19.1 Å². The molecule has 0 spiro atoms. The van der Waals surface area contributed by atoms with Gasteiger partial charge in [0.1, 0.15) is 0 Å². The lowest BCUT2D eigenvalue weighted by Crippen LogP contribution is -2.29. The number of hydrogen-bond donors (Lipinski definition) is 1. The van der Waals surface area contributed by atoms with Gasteiger partial charge in [-0.3, -0.25) is 0 Å². The molecule has 2 nitrogen and oxygen atoms in total. The first-order chi connectivity index (χ1) is 8.79. The van der Waals surface area contributed by atoms with Gasteiger partial charge in [-0.2, -0.15) is 0 Å². The number of hydrogen-bond acceptors (Lipinski definition) is 2. The van der Waals surface area contributed by atoms with Gasteiger partial charge in [0.05, 0.1) is 0 Å². The van der Waals surface area contributed by atoms with E-state index in [1.807, 2.05) is 0 Å². The third-order valence-corrected chi connectivity index (χ3v) is 3.92. The van der Waals surface area contributed by atoms with Crippen LogP contribution in [0.2, 0.25) is 0 Å². The van der Waals surface area contributed by atoms with Gasteiger partial charge in [0.25, 0.3) is 0 Å². The summed E-state index contributed by atoms with van der Waals surface area (Å²) in [5.74, 6) is 0. The molecule has 1 unspecified atom stereocenters. The van der Waals surface area contributed by atoms with Crippen LogP contribution in [-0.2, 0) is 6.54 Å². The molecule has 1 heterocycles. The highest BCUT2D eigenvalue weighted by Crippen LogP contribution is 2.20. The highest BCUT2D eigenvalue weighted by molar-refractivity contribution is 5.47. The van der Waals surface area contributed by atoms with Crippen molar-refractivity contribution in [3.05, 3.63) is 29.8 Å². The Morgan fingerprint density at radius 1 is 1.11 bits per heavy atom. The molecule has 1 atom stereocenters. The van der Waals surface area contributed by atoms with Crippen molar-refractivity contribution >= 4 is 5.69 Å². The van der Waals surface area contributed by atoms with Gasteiger partial charge in [0, 0.05) is 31.4 Å². The van der Waals surface area contributed by atoms with E-state index in [1.54, 1.807) is 0 Å². The second kappa shape index (κ2) is 6.79. The molecule has 1 aromatic rings. The van der Waals surface area contributed by atoms with Crippen molar-refractivity contribution in [3.8, 4) is 0 Å². The van der Waals surface area contributed by atoms with E-state index < -0.39 is 0 Å². The average molecular weight is 246 g/mol. The van der Waals surface area contributed by atoms with Gasteiger partial charge in [0.15, 0.2) is 0 Å². The van der Waals surface area contributed by atoms with E-state index in [0.29, 0.717) is 6.04 Å². The highest BCUT2D eigenvalue weighted by atomic mass is 15.1. The van der Waals surface area contributed by atoms with Crippen LogP contribution in [0.1, 0.15) is 45.1 Å². The molecule has 0 radical (unpaired) electrons. The van der Waals surface area contributed by atoms with Gasteiger partial charge in [-0.1, -0.05) is 19.1 Å². The first-order valence-corrected chi connectivity index (χ1v) is 7.37. The van der Waals surface area contributed by atoms with Crippen LogP contribution in [0.15, 0.2) is 24.3 Å². The molecule has 1 N–H and O–H groups in total. The second-order valence-corrected chi connectivity index (χ2v) is 5.40. The quantitative estimate of drug-likeness (QED) is 0.854. The molecule has 0 aromatic heterocycles. The molecular weight excluding hydrogens is 220 g/mol. The third kappa shape index (κ3) is 3.74. The number of nitrogens with zero attached hydrogens (tertiary/aromatic N) is 1. The molecular formula is C16H26N2. The Hall–Kier alpha value is -1.02. The fraction of sp³-hybridized carbons (Fsp3) is 0.625. The standard InChI is InChI=1S/C16H26N2/c1-3-14(2)17-13-15-7-9-16(10-8-15)18-11-5-4-6-12-18/h7-10,14,17H,3-6,11-13H2,1-2H3. The molecule has 1 saturated heterocycles. The summed E-state index contributed by atoms with van der Waals surface area (Å²) >= 11 is 0. The summed E-state index contributed by atoms with van der Waals surface area (Å²) in [5, 5.41) is 3.53. The van der Waals surface area contributed by atoms with Crippen LogP contribution in [0.5, 0.6) is 0 Å². The van der Waals surface area contributed by atoms with Gasteiger partial charge < -0.3 is 10.2 Å². The minimum Gasteiger partial charge on any atom is -0.372 e. The normalized spacial score (nSPS) is 17.8. The zero-order valence-electron chi connectivity index (χ0n) is 11.8. The molecule has 100 valence electrons. The Kier molecular flexibility index (Phi) is 5.06. The van der Waals surface area contributed by atoms with E-state index in [1.165, 1.54) is 50.0 Å². The Labute approximate surface area is 111 Å². The van der Waals surface area contributed by atoms with Crippen molar-refractivity contribution in [2.75, 3.05) is 18.0 Å². The fourth-order valence-corrected chi connectivity index (χ4v) is 2.41. The fourth-order valence-electron chi connectivity index (χ4n) is 2.41. The predicted octanol–water partition coefficient (Wildman–Crippen LogP) is 3.57. The summed E-state index contributed by atoms with van der Waals surface area (Å²) in [7, 11) is 0. The lowest BCUT2D eigenvalue weighted by atomic mass is 10.1. The van der Waals surface area contributed by atoms with Gasteiger partial charge >= 0.3 is 0 Å². The molecule has 1 aliphatic heterocycles. The molecule has 0 saturated carbocycles. The van der Waals surface area contributed by atoms with Crippen LogP contribution >= 0.6 is 0 Å². The predicted molar refractivity (Wildman–Crippen MR) is 79.1 cm³/mol. The van der Waals surface area contributed by atoms with E-state index >= 15 is 0 Å². The summed E-state index contributed by atoms with van der Waals surface area (Å²) < 4.78 is 0. The number of anilines is 1. The first kappa shape index (κ1) is 13.4. The zero-order valence-corrected chi connectivity index (χ0v) is 11.8. The van der Waals surface area contributed by atoms with Crippen molar-refractivity contribution in [1.82, 2.24) is 5.32 Å². The molecule has 1 aliphatic rings. The largest absolute Gasteiger partial charge is 0.372 e. The van der Waals surface area contributed by atoms with Gasteiger partial charge in [-0.05, 0) is 50.3 Å². The van der Waals surface area contributed by atoms with Crippen molar-refractivity contribution in [2.45, 2.75) is 52.1 Å². The van der Waals surface area contributed by atoms with Crippen LogP contribution < -0.4 is 10.2 Å². The number of rotatable bonds is 5. The number of piperidine rings is 1. The Morgan fingerprint density at radius 3 is 2.39 bits per heavy atom. The third-order valence-electron chi connectivity index (χ3n) is 3.92. The maximum absolute atomic E-state index is 3.53. The maximum atomic E-state index is 3.53. The van der Waals surface area contributed by atoms with Crippen LogP contribution in [0, 0.1) is 0 Å². The molecule has 1 fully saturated rings. The van der Waals surface area contributed by atoms with Gasteiger partial charge in [-0.25, -0.2) is 0 Å². The summed E-state index contributed by atoms with van der Waals surface area (Å²) in [5.41, 5.74) is 2.78. The molecule has 0 amide bonds. The van der Waals surface area contributed by atoms with E-state index in [0.717, 1.165) is 6.54 Å². The van der Waals surface area contributed by atoms with Crippen molar-refractivity contribution in [2.24, 2.45) is 0 Å². The second-order valence-electron chi connectivity index (χ2n) is 5.40.